The molecule has 0 radical (unpaired) electrons. The fourth-order valence-electron chi connectivity index (χ4n) is 1.54. The third kappa shape index (κ3) is 1.16. The van der Waals surface area contributed by atoms with E-state index in [0.29, 0.717) is 0 Å². The Morgan fingerprint density at radius 2 is 2.23 bits per heavy atom. The number of fused-ring (bicyclic) bond motifs is 1. The zero-order valence-electron chi connectivity index (χ0n) is 7.29. The van der Waals surface area contributed by atoms with E-state index in [9.17, 15) is 0 Å². The third-order valence-electron chi connectivity index (χ3n) is 2.68. The fraction of sp³-hybridized carbons (Fsp3) is 0.556. The number of thioether (sulfide) groups is 1. The van der Waals surface area contributed by atoms with Gasteiger partial charge < -0.3 is 5.73 Å². The van der Waals surface area contributed by atoms with Gasteiger partial charge in [-0.25, -0.2) is 9.97 Å². The van der Waals surface area contributed by atoms with Crippen LogP contribution in [0.5, 0.6) is 0 Å². The van der Waals surface area contributed by atoms with E-state index >= 15 is 0 Å². The summed E-state index contributed by atoms with van der Waals surface area (Å²) < 4.78 is 0. The Morgan fingerprint density at radius 1 is 1.38 bits per heavy atom. The molecule has 2 aliphatic rings. The number of hydrogen-bond acceptors (Lipinski definition) is 4. The van der Waals surface area contributed by atoms with Gasteiger partial charge in [-0.1, -0.05) is 0 Å². The molecule has 0 saturated heterocycles. The lowest BCUT2D eigenvalue weighted by Gasteiger charge is -2.07. The standard InChI is InChI=1S/C9H11N3S/c10-9(1-2-9)8-11-3-6-4-13-5-7(6)12-8/h3H,1-2,4-5,10H2. The Bertz CT molecular complexity index is 360. The lowest BCUT2D eigenvalue weighted by Crippen LogP contribution is -2.22. The summed E-state index contributed by atoms with van der Waals surface area (Å²) in [5.41, 5.74) is 8.34. The summed E-state index contributed by atoms with van der Waals surface area (Å²) in [5, 5.41) is 0. The average molecular weight is 193 g/mol. The molecule has 2 heterocycles. The molecular weight excluding hydrogens is 182 g/mol. The van der Waals surface area contributed by atoms with Crippen molar-refractivity contribution in [2.45, 2.75) is 29.9 Å². The highest BCUT2D eigenvalue weighted by atomic mass is 32.2. The van der Waals surface area contributed by atoms with Crippen LogP contribution in [0.3, 0.4) is 0 Å². The number of aromatic nitrogens is 2. The van der Waals surface area contributed by atoms with Crippen molar-refractivity contribution in [3.8, 4) is 0 Å². The van der Waals surface area contributed by atoms with Crippen molar-refractivity contribution in [2.24, 2.45) is 5.73 Å². The largest absolute Gasteiger partial charge is 0.319 e. The second-order valence-electron chi connectivity index (χ2n) is 3.81. The van der Waals surface area contributed by atoms with Crippen LogP contribution in [0.2, 0.25) is 0 Å². The van der Waals surface area contributed by atoms with E-state index in [1.807, 2.05) is 18.0 Å². The first-order valence-electron chi connectivity index (χ1n) is 4.50. The third-order valence-corrected chi connectivity index (χ3v) is 3.68. The van der Waals surface area contributed by atoms with Gasteiger partial charge in [0.25, 0.3) is 0 Å². The maximum atomic E-state index is 6.03. The SMILES string of the molecule is NC1(c2ncc3c(n2)CSC3)CC1. The Hall–Kier alpha value is -0.610. The Morgan fingerprint density at radius 3 is 3.00 bits per heavy atom. The molecule has 1 aromatic heterocycles. The average Bonchev–Trinajstić information content (AvgIpc) is 2.74. The van der Waals surface area contributed by atoms with Crippen LogP contribution in [-0.4, -0.2) is 9.97 Å². The molecule has 0 amide bonds. The maximum Gasteiger partial charge on any atom is 0.148 e. The highest BCUT2D eigenvalue weighted by molar-refractivity contribution is 7.98. The minimum absolute atomic E-state index is 0.178. The molecule has 2 N–H and O–H groups in total. The summed E-state index contributed by atoms with van der Waals surface area (Å²) in [6.45, 7) is 0. The van der Waals surface area contributed by atoms with Crippen LogP contribution >= 0.6 is 11.8 Å². The molecule has 0 bridgehead atoms. The smallest absolute Gasteiger partial charge is 0.148 e. The first-order chi connectivity index (χ1) is 6.28. The van der Waals surface area contributed by atoms with Crippen molar-refractivity contribution in [1.82, 2.24) is 9.97 Å². The maximum absolute atomic E-state index is 6.03. The van der Waals surface area contributed by atoms with Crippen molar-refractivity contribution < 1.29 is 0 Å². The summed E-state index contributed by atoms with van der Waals surface area (Å²) in [4.78, 5) is 8.86. The van der Waals surface area contributed by atoms with Crippen LogP contribution in [0.1, 0.15) is 29.9 Å². The molecule has 1 fully saturated rings. The van der Waals surface area contributed by atoms with E-state index < -0.39 is 0 Å². The van der Waals surface area contributed by atoms with Gasteiger partial charge in [0.15, 0.2) is 0 Å². The van der Waals surface area contributed by atoms with Crippen molar-refractivity contribution in [2.75, 3.05) is 0 Å². The van der Waals surface area contributed by atoms with Crippen LogP contribution in [0, 0.1) is 0 Å². The predicted octanol–water partition coefficient (Wildman–Crippen LogP) is 1.17. The van der Waals surface area contributed by atoms with Gasteiger partial charge in [-0.15, -0.1) is 0 Å². The van der Waals surface area contributed by atoms with E-state index in [0.717, 1.165) is 30.2 Å². The first-order valence-corrected chi connectivity index (χ1v) is 5.65. The van der Waals surface area contributed by atoms with Gasteiger partial charge in [-0.05, 0) is 12.8 Å². The van der Waals surface area contributed by atoms with Gasteiger partial charge in [0, 0.05) is 23.3 Å². The van der Waals surface area contributed by atoms with Crippen LogP contribution in [0.4, 0.5) is 0 Å². The molecule has 1 saturated carbocycles. The molecule has 0 unspecified atom stereocenters. The van der Waals surface area contributed by atoms with Gasteiger partial charge in [0.2, 0.25) is 0 Å². The summed E-state index contributed by atoms with van der Waals surface area (Å²) >= 11 is 1.90. The van der Waals surface area contributed by atoms with E-state index in [-0.39, 0.29) is 5.54 Å². The van der Waals surface area contributed by atoms with E-state index in [2.05, 4.69) is 9.97 Å². The predicted molar refractivity (Wildman–Crippen MR) is 52.1 cm³/mol. The fourth-order valence-corrected chi connectivity index (χ4v) is 2.55. The number of hydrogen-bond donors (Lipinski definition) is 1. The lowest BCUT2D eigenvalue weighted by molar-refractivity contribution is 0.665. The highest BCUT2D eigenvalue weighted by Crippen LogP contribution is 2.41. The molecule has 0 atom stereocenters. The van der Waals surface area contributed by atoms with E-state index in [1.54, 1.807) is 0 Å². The Labute approximate surface area is 81.1 Å². The first kappa shape index (κ1) is 7.76. The zero-order valence-corrected chi connectivity index (χ0v) is 8.10. The summed E-state index contributed by atoms with van der Waals surface area (Å²) in [7, 11) is 0. The summed E-state index contributed by atoms with van der Waals surface area (Å²) in [6, 6.07) is 0. The quantitative estimate of drug-likeness (QED) is 0.727. The second kappa shape index (κ2) is 2.45. The monoisotopic (exact) mass is 193 g/mol. The topological polar surface area (TPSA) is 51.8 Å². The molecule has 13 heavy (non-hydrogen) atoms. The minimum Gasteiger partial charge on any atom is -0.319 e. The molecule has 1 aliphatic carbocycles. The molecule has 3 nitrogen and oxygen atoms in total. The van der Waals surface area contributed by atoms with Gasteiger partial charge in [0.1, 0.15) is 5.82 Å². The number of nitrogens with zero attached hydrogens (tertiary/aromatic N) is 2. The van der Waals surface area contributed by atoms with Crippen LogP contribution in [0.15, 0.2) is 6.20 Å². The molecule has 4 heteroatoms. The number of rotatable bonds is 1. The highest BCUT2D eigenvalue weighted by Gasteiger charge is 2.43. The van der Waals surface area contributed by atoms with Gasteiger partial charge in [0.05, 0.1) is 11.2 Å². The normalized spacial score (nSPS) is 22.8. The molecule has 0 aromatic carbocycles. The number of nitrogens with two attached hydrogens (primary N) is 1. The van der Waals surface area contributed by atoms with Crippen molar-refractivity contribution in [3.63, 3.8) is 0 Å². The second-order valence-corrected chi connectivity index (χ2v) is 4.80. The van der Waals surface area contributed by atoms with Gasteiger partial charge in [-0.3, -0.25) is 0 Å². The molecule has 68 valence electrons. The molecular formula is C9H11N3S. The van der Waals surface area contributed by atoms with Crippen molar-refractivity contribution in [3.05, 3.63) is 23.3 Å². The molecule has 3 rings (SSSR count). The van der Waals surface area contributed by atoms with Gasteiger partial charge >= 0.3 is 0 Å². The van der Waals surface area contributed by atoms with Crippen LogP contribution in [-0.2, 0) is 17.0 Å². The molecule has 1 aromatic rings. The van der Waals surface area contributed by atoms with E-state index in [1.165, 1.54) is 11.3 Å². The minimum atomic E-state index is -0.178. The zero-order chi connectivity index (χ0) is 8.89. The van der Waals surface area contributed by atoms with Crippen molar-refractivity contribution in [1.29, 1.82) is 0 Å². The van der Waals surface area contributed by atoms with E-state index in [4.69, 9.17) is 5.73 Å². The summed E-state index contributed by atoms with van der Waals surface area (Å²) in [6.07, 6.45) is 4.03. The Kier molecular flexibility index (Phi) is 1.46. The summed E-state index contributed by atoms with van der Waals surface area (Å²) in [5.74, 6) is 2.95. The molecule has 0 spiro atoms. The van der Waals surface area contributed by atoms with Crippen LogP contribution in [0.25, 0.3) is 0 Å². The molecule has 1 aliphatic heterocycles. The van der Waals surface area contributed by atoms with Crippen molar-refractivity contribution >= 4 is 11.8 Å². The lowest BCUT2D eigenvalue weighted by atomic mass is 10.2. The van der Waals surface area contributed by atoms with Gasteiger partial charge in [-0.2, -0.15) is 11.8 Å². The Balaban J connectivity index is 2.05. The van der Waals surface area contributed by atoms with Crippen LogP contribution < -0.4 is 5.73 Å².